The van der Waals surface area contributed by atoms with E-state index in [9.17, 15) is 9.59 Å². The molecule has 2 aromatic rings. The Bertz CT molecular complexity index is 1020. The van der Waals surface area contributed by atoms with Gasteiger partial charge in [-0.05, 0) is 70.2 Å². The summed E-state index contributed by atoms with van der Waals surface area (Å²) in [6.45, 7) is 7.13. The smallest absolute Gasteiger partial charge is 0.274 e. The minimum Gasteiger partial charge on any atom is -0.355 e. The summed E-state index contributed by atoms with van der Waals surface area (Å²) in [4.78, 5) is 30.5. The molecule has 1 aromatic carbocycles. The van der Waals surface area contributed by atoms with Crippen molar-refractivity contribution in [1.82, 2.24) is 24.9 Å². The van der Waals surface area contributed by atoms with Gasteiger partial charge in [-0.1, -0.05) is 38.5 Å². The number of fused-ring (bicyclic) bond motifs is 1. The number of aromatic nitrogens is 2. The van der Waals surface area contributed by atoms with Crippen molar-refractivity contribution in [3.63, 3.8) is 0 Å². The monoisotopic (exact) mass is 479 g/mol. The standard InChI is InChI=1S/C28H41N5O2/c1-28(2,20-31(3)4)19-29-26(34)21-15-17-32(18-16-21)27(35)25-23-13-9-6-10-14-24(23)33(30-25)22-11-7-5-8-12-22/h5,7-8,11-12,21H,6,9-10,13-20H2,1-4H3,(H,29,34). The SMILES string of the molecule is CN(C)CC(C)(C)CNC(=O)C1CCN(C(=O)c2nn(-c3ccccc3)c3c2CCCCC3)CC1. The zero-order valence-electron chi connectivity index (χ0n) is 21.8. The second-order valence-electron chi connectivity index (χ2n) is 11.3. The van der Waals surface area contributed by atoms with Gasteiger partial charge in [0.1, 0.15) is 0 Å². The van der Waals surface area contributed by atoms with E-state index in [1.807, 2.05) is 27.8 Å². The van der Waals surface area contributed by atoms with Crippen molar-refractivity contribution < 1.29 is 9.59 Å². The van der Waals surface area contributed by atoms with E-state index in [4.69, 9.17) is 5.10 Å². The Morgan fingerprint density at radius 3 is 2.43 bits per heavy atom. The van der Waals surface area contributed by atoms with Crippen LogP contribution in [0.4, 0.5) is 0 Å². The maximum absolute atomic E-state index is 13.6. The largest absolute Gasteiger partial charge is 0.355 e. The Kier molecular flexibility index (Phi) is 7.95. The fraction of sp³-hybridized carbons (Fsp3) is 0.607. The molecule has 7 heteroatoms. The predicted molar refractivity (Wildman–Crippen MR) is 139 cm³/mol. The minimum absolute atomic E-state index is 0.0174. The summed E-state index contributed by atoms with van der Waals surface area (Å²) >= 11 is 0. The topological polar surface area (TPSA) is 70.5 Å². The fourth-order valence-corrected chi connectivity index (χ4v) is 5.61. The summed E-state index contributed by atoms with van der Waals surface area (Å²) < 4.78 is 1.99. The maximum Gasteiger partial charge on any atom is 0.274 e. The van der Waals surface area contributed by atoms with Crippen molar-refractivity contribution in [2.24, 2.45) is 11.3 Å². The van der Waals surface area contributed by atoms with Crippen LogP contribution >= 0.6 is 0 Å². The number of nitrogens with one attached hydrogen (secondary N) is 1. The van der Waals surface area contributed by atoms with Gasteiger partial charge in [-0.15, -0.1) is 0 Å². The van der Waals surface area contributed by atoms with E-state index in [1.165, 1.54) is 12.1 Å². The number of hydrogen-bond donors (Lipinski definition) is 1. The number of likely N-dealkylation sites (tertiary alicyclic amines) is 1. The Morgan fingerprint density at radius 2 is 1.74 bits per heavy atom. The van der Waals surface area contributed by atoms with Gasteiger partial charge in [0.25, 0.3) is 5.91 Å². The van der Waals surface area contributed by atoms with E-state index in [-0.39, 0.29) is 23.1 Å². The van der Waals surface area contributed by atoms with E-state index in [0.29, 0.717) is 38.2 Å². The first-order valence-electron chi connectivity index (χ1n) is 13.1. The highest BCUT2D eigenvalue weighted by Gasteiger charge is 2.32. The summed E-state index contributed by atoms with van der Waals surface area (Å²) in [6, 6.07) is 10.1. The lowest BCUT2D eigenvalue weighted by molar-refractivity contribution is -0.126. The highest BCUT2D eigenvalue weighted by atomic mass is 16.2. The molecule has 1 saturated heterocycles. The Balaban J connectivity index is 1.42. The summed E-state index contributed by atoms with van der Waals surface area (Å²) in [6.07, 6.45) is 6.68. The Labute approximate surface area is 209 Å². The van der Waals surface area contributed by atoms with Crippen LogP contribution in [0.1, 0.15) is 67.7 Å². The quantitative estimate of drug-likeness (QED) is 0.615. The Hall–Kier alpha value is -2.67. The molecule has 2 amide bonds. The average molecular weight is 480 g/mol. The molecule has 0 bridgehead atoms. The van der Waals surface area contributed by atoms with Gasteiger partial charge >= 0.3 is 0 Å². The molecule has 1 N–H and O–H groups in total. The van der Waals surface area contributed by atoms with Crippen LogP contribution in [0.3, 0.4) is 0 Å². The third-order valence-corrected chi connectivity index (χ3v) is 7.27. The third kappa shape index (κ3) is 6.13. The van der Waals surface area contributed by atoms with Gasteiger partial charge in [-0.2, -0.15) is 5.10 Å². The van der Waals surface area contributed by atoms with Crippen LogP contribution in [0.15, 0.2) is 30.3 Å². The minimum atomic E-state index is -0.0341. The van der Waals surface area contributed by atoms with Gasteiger partial charge in [0, 0.05) is 43.4 Å². The lowest BCUT2D eigenvalue weighted by Crippen LogP contribution is -2.46. The second-order valence-corrected chi connectivity index (χ2v) is 11.3. The molecule has 0 spiro atoms. The molecule has 1 aromatic heterocycles. The molecule has 1 fully saturated rings. The van der Waals surface area contributed by atoms with Crippen molar-refractivity contribution in [3.05, 3.63) is 47.3 Å². The highest BCUT2D eigenvalue weighted by molar-refractivity contribution is 5.94. The summed E-state index contributed by atoms with van der Waals surface area (Å²) in [5.41, 5.74) is 3.95. The Morgan fingerprint density at radius 1 is 1.06 bits per heavy atom. The number of piperidine rings is 1. The first kappa shape index (κ1) is 25.4. The molecule has 1 aliphatic heterocycles. The number of rotatable bonds is 7. The molecule has 1 aliphatic carbocycles. The van der Waals surface area contributed by atoms with Gasteiger partial charge in [-0.3, -0.25) is 9.59 Å². The van der Waals surface area contributed by atoms with E-state index in [1.54, 1.807) is 0 Å². The molecular formula is C28H41N5O2. The molecule has 35 heavy (non-hydrogen) atoms. The van der Waals surface area contributed by atoms with E-state index >= 15 is 0 Å². The molecule has 4 rings (SSSR count). The van der Waals surface area contributed by atoms with Gasteiger partial charge < -0.3 is 15.1 Å². The lowest BCUT2D eigenvalue weighted by atomic mass is 9.91. The number of carbonyl (C=O) groups is 2. The molecule has 0 radical (unpaired) electrons. The van der Waals surface area contributed by atoms with Crippen LogP contribution in [0.5, 0.6) is 0 Å². The van der Waals surface area contributed by atoms with Crippen LogP contribution in [0, 0.1) is 11.3 Å². The van der Waals surface area contributed by atoms with Crippen molar-refractivity contribution in [1.29, 1.82) is 0 Å². The zero-order valence-corrected chi connectivity index (χ0v) is 21.8. The van der Waals surface area contributed by atoms with Gasteiger partial charge in [0.15, 0.2) is 5.69 Å². The van der Waals surface area contributed by atoms with Crippen LogP contribution in [-0.4, -0.2) is 71.7 Å². The van der Waals surface area contributed by atoms with E-state index in [2.05, 4.69) is 50.3 Å². The molecule has 2 heterocycles. The fourth-order valence-electron chi connectivity index (χ4n) is 5.61. The van der Waals surface area contributed by atoms with E-state index < -0.39 is 0 Å². The van der Waals surface area contributed by atoms with Crippen LogP contribution in [-0.2, 0) is 17.6 Å². The van der Waals surface area contributed by atoms with Crippen molar-refractivity contribution >= 4 is 11.8 Å². The zero-order chi connectivity index (χ0) is 25.0. The van der Waals surface area contributed by atoms with E-state index in [0.717, 1.165) is 43.5 Å². The lowest BCUT2D eigenvalue weighted by Gasteiger charge is -2.33. The number of hydrogen-bond acceptors (Lipinski definition) is 4. The molecule has 7 nitrogen and oxygen atoms in total. The van der Waals surface area contributed by atoms with Crippen LogP contribution in [0.25, 0.3) is 5.69 Å². The molecule has 0 atom stereocenters. The number of carbonyl (C=O) groups excluding carboxylic acids is 2. The number of benzene rings is 1. The molecular weight excluding hydrogens is 438 g/mol. The third-order valence-electron chi connectivity index (χ3n) is 7.27. The number of amides is 2. The van der Waals surface area contributed by atoms with Crippen molar-refractivity contribution in [3.8, 4) is 5.69 Å². The van der Waals surface area contributed by atoms with Gasteiger partial charge in [-0.25, -0.2) is 4.68 Å². The van der Waals surface area contributed by atoms with Crippen molar-refractivity contribution in [2.45, 2.75) is 58.8 Å². The van der Waals surface area contributed by atoms with Crippen LogP contribution < -0.4 is 5.32 Å². The average Bonchev–Trinajstić information content (AvgIpc) is 3.02. The molecule has 190 valence electrons. The van der Waals surface area contributed by atoms with Gasteiger partial charge in [0.2, 0.25) is 5.91 Å². The summed E-state index contributed by atoms with van der Waals surface area (Å²) in [5, 5.41) is 8.01. The maximum atomic E-state index is 13.6. The normalized spacial score (nSPS) is 17.2. The first-order chi connectivity index (χ1) is 16.7. The molecule has 0 unspecified atom stereocenters. The number of para-hydroxylation sites is 1. The van der Waals surface area contributed by atoms with Crippen LogP contribution in [0.2, 0.25) is 0 Å². The summed E-state index contributed by atoms with van der Waals surface area (Å²) in [5.74, 6) is 0.100. The predicted octanol–water partition coefficient (Wildman–Crippen LogP) is 3.70. The second kappa shape index (κ2) is 10.9. The number of nitrogens with zero attached hydrogens (tertiary/aromatic N) is 4. The highest BCUT2D eigenvalue weighted by Crippen LogP contribution is 2.28. The first-order valence-corrected chi connectivity index (χ1v) is 13.1. The van der Waals surface area contributed by atoms with Gasteiger partial charge in [0.05, 0.1) is 5.69 Å². The molecule has 2 aliphatic rings. The summed E-state index contributed by atoms with van der Waals surface area (Å²) in [7, 11) is 4.11. The molecule has 0 saturated carbocycles. The van der Waals surface area contributed by atoms with Crippen molar-refractivity contribution in [2.75, 3.05) is 40.3 Å².